The summed E-state index contributed by atoms with van der Waals surface area (Å²) in [7, 11) is 0. The smallest absolute Gasteiger partial charge is 0.326 e. The lowest BCUT2D eigenvalue weighted by atomic mass is 10.2. The number of β-amino-alcohol motifs (C(OH)–C–C–N with tert-alkyl or cyclic N) is 1. The summed E-state index contributed by atoms with van der Waals surface area (Å²) in [5, 5.41) is 18.3. The largest absolute Gasteiger partial charge is 0.480 e. The van der Waals surface area contributed by atoms with E-state index >= 15 is 0 Å². The monoisotopic (exact) mass is 227 g/mol. The number of carboxylic acids is 1. The van der Waals surface area contributed by atoms with Gasteiger partial charge in [-0.1, -0.05) is 13.0 Å². The lowest BCUT2D eigenvalue weighted by Gasteiger charge is -2.21. The highest BCUT2D eigenvalue weighted by Crippen LogP contribution is 2.20. The molecule has 1 fully saturated rings. The van der Waals surface area contributed by atoms with E-state index in [1.807, 2.05) is 6.92 Å². The highest BCUT2D eigenvalue weighted by molar-refractivity contribution is 5.95. The van der Waals surface area contributed by atoms with Gasteiger partial charge in [0, 0.05) is 18.5 Å². The number of allylic oxidation sites excluding steroid dienone is 1. The number of aliphatic carboxylic acids is 1. The van der Waals surface area contributed by atoms with Gasteiger partial charge in [-0.25, -0.2) is 4.79 Å². The number of carboxylic acid groups (broad SMARTS) is 1. The predicted octanol–water partition coefficient (Wildman–Crippen LogP) is 0.389. The SMILES string of the molecule is CCC=C(C)C(=O)N1C[C@H](O)C[C@H]1C(=O)O. The molecule has 90 valence electrons. The molecule has 1 aliphatic rings. The van der Waals surface area contributed by atoms with Crippen molar-refractivity contribution < 1.29 is 19.8 Å². The van der Waals surface area contributed by atoms with E-state index in [4.69, 9.17) is 5.11 Å². The molecule has 1 rings (SSSR count). The molecule has 1 saturated heterocycles. The Kier molecular flexibility index (Phi) is 4.06. The van der Waals surface area contributed by atoms with Crippen molar-refractivity contribution >= 4 is 11.9 Å². The Balaban J connectivity index is 2.82. The van der Waals surface area contributed by atoms with Crippen LogP contribution in [0.4, 0.5) is 0 Å². The average molecular weight is 227 g/mol. The number of aliphatic hydroxyl groups excluding tert-OH is 1. The van der Waals surface area contributed by atoms with Crippen molar-refractivity contribution in [1.82, 2.24) is 4.90 Å². The fourth-order valence-corrected chi connectivity index (χ4v) is 1.89. The Bertz CT molecular complexity index is 324. The molecule has 5 heteroatoms. The lowest BCUT2D eigenvalue weighted by Crippen LogP contribution is -2.41. The molecule has 0 spiro atoms. The topological polar surface area (TPSA) is 77.8 Å². The molecular formula is C11H17NO4. The normalized spacial score (nSPS) is 25.9. The summed E-state index contributed by atoms with van der Waals surface area (Å²) in [6.07, 6.45) is 1.86. The standard InChI is InChI=1S/C11H17NO4/c1-3-4-7(2)10(14)12-6-8(13)5-9(12)11(15)16/h4,8-9,13H,3,5-6H2,1-2H3,(H,15,16)/t8-,9+/m1/s1. The Hall–Kier alpha value is -1.36. The number of carbonyl (C=O) groups is 2. The fourth-order valence-electron chi connectivity index (χ4n) is 1.89. The molecule has 0 unspecified atom stereocenters. The van der Waals surface area contributed by atoms with Crippen molar-refractivity contribution in [1.29, 1.82) is 0 Å². The number of hydrogen-bond acceptors (Lipinski definition) is 3. The van der Waals surface area contributed by atoms with Gasteiger partial charge in [0.15, 0.2) is 0 Å². The van der Waals surface area contributed by atoms with E-state index in [1.165, 1.54) is 4.90 Å². The second-order valence-corrected chi connectivity index (χ2v) is 4.00. The molecule has 1 amide bonds. The zero-order valence-electron chi connectivity index (χ0n) is 9.51. The van der Waals surface area contributed by atoms with Crippen molar-refractivity contribution in [2.45, 2.75) is 38.8 Å². The van der Waals surface area contributed by atoms with Crippen LogP contribution in [0.1, 0.15) is 26.7 Å². The maximum absolute atomic E-state index is 11.9. The first-order valence-corrected chi connectivity index (χ1v) is 5.36. The van der Waals surface area contributed by atoms with Crippen LogP contribution in [-0.2, 0) is 9.59 Å². The Morgan fingerprint density at radius 2 is 2.12 bits per heavy atom. The van der Waals surface area contributed by atoms with E-state index in [0.29, 0.717) is 5.57 Å². The third kappa shape index (κ3) is 2.61. The third-order valence-corrected chi connectivity index (χ3v) is 2.67. The second-order valence-electron chi connectivity index (χ2n) is 4.00. The number of hydrogen-bond donors (Lipinski definition) is 2. The zero-order valence-corrected chi connectivity index (χ0v) is 9.51. The molecule has 1 heterocycles. The summed E-state index contributed by atoms with van der Waals surface area (Å²) in [6, 6.07) is -0.900. The van der Waals surface area contributed by atoms with E-state index in [0.717, 1.165) is 6.42 Å². The highest BCUT2D eigenvalue weighted by atomic mass is 16.4. The van der Waals surface area contributed by atoms with Gasteiger partial charge in [-0.15, -0.1) is 0 Å². The minimum atomic E-state index is -1.06. The van der Waals surface area contributed by atoms with Gasteiger partial charge in [0.05, 0.1) is 6.10 Å². The molecule has 2 N–H and O–H groups in total. The molecule has 0 bridgehead atoms. The zero-order chi connectivity index (χ0) is 12.3. The molecular weight excluding hydrogens is 210 g/mol. The minimum absolute atomic E-state index is 0.102. The van der Waals surface area contributed by atoms with Crippen LogP contribution in [0.3, 0.4) is 0 Å². The third-order valence-electron chi connectivity index (χ3n) is 2.67. The maximum atomic E-state index is 11.9. The van der Waals surface area contributed by atoms with Crippen LogP contribution in [0, 0.1) is 0 Å². The fraction of sp³-hybridized carbons (Fsp3) is 0.636. The van der Waals surface area contributed by atoms with Crippen LogP contribution in [0.25, 0.3) is 0 Å². The van der Waals surface area contributed by atoms with Gasteiger partial charge in [-0.2, -0.15) is 0 Å². The van der Waals surface area contributed by atoms with Crippen molar-refractivity contribution in [3.8, 4) is 0 Å². The summed E-state index contributed by atoms with van der Waals surface area (Å²) >= 11 is 0. The molecule has 0 aromatic heterocycles. The van der Waals surface area contributed by atoms with Crippen LogP contribution < -0.4 is 0 Å². The van der Waals surface area contributed by atoms with Gasteiger partial charge in [-0.05, 0) is 13.3 Å². The number of likely N-dealkylation sites (tertiary alicyclic amines) is 1. The van der Waals surface area contributed by atoms with Gasteiger partial charge < -0.3 is 15.1 Å². The van der Waals surface area contributed by atoms with Crippen LogP contribution in [0.2, 0.25) is 0 Å². The number of amides is 1. The van der Waals surface area contributed by atoms with Gasteiger partial charge >= 0.3 is 5.97 Å². The lowest BCUT2D eigenvalue weighted by molar-refractivity contribution is -0.146. The van der Waals surface area contributed by atoms with Gasteiger partial charge in [0.2, 0.25) is 5.91 Å². The molecule has 5 nitrogen and oxygen atoms in total. The molecule has 0 aromatic carbocycles. The molecule has 0 aromatic rings. The molecule has 2 atom stereocenters. The van der Waals surface area contributed by atoms with Gasteiger partial charge in [0.25, 0.3) is 0 Å². The average Bonchev–Trinajstić information content (AvgIpc) is 2.59. The Morgan fingerprint density at radius 3 is 2.62 bits per heavy atom. The summed E-state index contributed by atoms with van der Waals surface area (Å²) in [6.45, 7) is 3.67. The molecule has 0 aliphatic carbocycles. The second kappa shape index (κ2) is 5.12. The quantitative estimate of drug-likeness (QED) is 0.684. The van der Waals surface area contributed by atoms with Crippen molar-refractivity contribution in [3.05, 3.63) is 11.6 Å². The summed E-state index contributed by atoms with van der Waals surface area (Å²) < 4.78 is 0. The number of aliphatic hydroxyl groups is 1. The first-order valence-electron chi connectivity index (χ1n) is 5.36. The van der Waals surface area contributed by atoms with Crippen molar-refractivity contribution in [2.24, 2.45) is 0 Å². The van der Waals surface area contributed by atoms with E-state index in [9.17, 15) is 14.7 Å². The highest BCUT2D eigenvalue weighted by Gasteiger charge is 2.38. The van der Waals surface area contributed by atoms with Crippen molar-refractivity contribution in [2.75, 3.05) is 6.54 Å². The first-order chi connectivity index (χ1) is 7.47. The van der Waals surface area contributed by atoms with E-state index < -0.39 is 18.1 Å². The summed E-state index contributed by atoms with van der Waals surface area (Å²) in [5.41, 5.74) is 0.530. The van der Waals surface area contributed by atoms with Crippen LogP contribution >= 0.6 is 0 Å². The van der Waals surface area contributed by atoms with E-state index in [-0.39, 0.29) is 18.9 Å². The maximum Gasteiger partial charge on any atom is 0.326 e. The summed E-state index contributed by atoms with van der Waals surface area (Å²) in [5.74, 6) is -1.36. The molecule has 16 heavy (non-hydrogen) atoms. The van der Waals surface area contributed by atoms with E-state index in [2.05, 4.69) is 0 Å². The Labute approximate surface area is 94.4 Å². The predicted molar refractivity (Wildman–Crippen MR) is 57.8 cm³/mol. The van der Waals surface area contributed by atoms with Crippen molar-refractivity contribution in [3.63, 3.8) is 0 Å². The number of nitrogens with zero attached hydrogens (tertiary/aromatic N) is 1. The molecule has 1 aliphatic heterocycles. The number of carbonyl (C=O) groups excluding carboxylic acids is 1. The molecule has 0 saturated carbocycles. The van der Waals surface area contributed by atoms with Crippen LogP contribution in [-0.4, -0.2) is 45.7 Å². The minimum Gasteiger partial charge on any atom is -0.480 e. The molecule has 0 radical (unpaired) electrons. The summed E-state index contributed by atoms with van der Waals surface area (Å²) in [4.78, 5) is 24.0. The Morgan fingerprint density at radius 1 is 1.50 bits per heavy atom. The number of rotatable bonds is 3. The van der Waals surface area contributed by atoms with E-state index in [1.54, 1.807) is 13.0 Å². The first kappa shape index (κ1) is 12.7. The van der Waals surface area contributed by atoms with Crippen LogP contribution in [0.5, 0.6) is 0 Å². The van der Waals surface area contributed by atoms with Gasteiger partial charge in [0.1, 0.15) is 6.04 Å². The van der Waals surface area contributed by atoms with Crippen LogP contribution in [0.15, 0.2) is 11.6 Å². The van der Waals surface area contributed by atoms with Gasteiger partial charge in [-0.3, -0.25) is 4.79 Å².